The molecule has 2 aromatic rings. The SMILES string of the molecule is COC(=O)c1c(-c2nc(C(F)F)c(C)s2)cnn1C. The van der Waals surface area contributed by atoms with Crippen LogP contribution in [0.1, 0.15) is 27.5 Å². The summed E-state index contributed by atoms with van der Waals surface area (Å²) in [6.45, 7) is 1.57. The first-order valence-electron chi connectivity index (χ1n) is 5.31. The van der Waals surface area contributed by atoms with Gasteiger partial charge < -0.3 is 4.74 Å². The monoisotopic (exact) mass is 287 g/mol. The number of esters is 1. The van der Waals surface area contributed by atoms with E-state index in [2.05, 4.69) is 14.8 Å². The van der Waals surface area contributed by atoms with E-state index in [9.17, 15) is 13.6 Å². The van der Waals surface area contributed by atoms with Crippen molar-refractivity contribution in [2.24, 2.45) is 7.05 Å². The zero-order chi connectivity index (χ0) is 14.2. The van der Waals surface area contributed by atoms with Crippen LogP contribution in [0, 0.1) is 6.92 Å². The third kappa shape index (κ3) is 2.35. The fraction of sp³-hybridized carbons (Fsp3) is 0.364. The third-order valence-electron chi connectivity index (χ3n) is 2.59. The lowest BCUT2D eigenvalue weighted by Crippen LogP contribution is -2.09. The molecule has 0 bridgehead atoms. The number of ether oxygens (including phenoxy) is 1. The van der Waals surface area contributed by atoms with Gasteiger partial charge in [-0.3, -0.25) is 4.68 Å². The molecule has 0 aliphatic carbocycles. The number of aryl methyl sites for hydroxylation is 2. The van der Waals surface area contributed by atoms with E-state index in [-0.39, 0.29) is 11.4 Å². The maximum Gasteiger partial charge on any atom is 0.357 e. The second kappa shape index (κ2) is 5.04. The van der Waals surface area contributed by atoms with Crippen molar-refractivity contribution < 1.29 is 18.3 Å². The number of hydrogen-bond acceptors (Lipinski definition) is 5. The first-order valence-corrected chi connectivity index (χ1v) is 6.13. The average Bonchev–Trinajstić information content (AvgIpc) is 2.91. The van der Waals surface area contributed by atoms with Gasteiger partial charge in [0.15, 0.2) is 5.69 Å². The number of alkyl halides is 2. The number of thiazole rings is 1. The molecule has 0 aliphatic heterocycles. The van der Waals surface area contributed by atoms with Gasteiger partial charge in [-0.05, 0) is 6.92 Å². The van der Waals surface area contributed by atoms with Gasteiger partial charge in [0.2, 0.25) is 0 Å². The summed E-state index contributed by atoms with van der Waals surface area (Å²) in [4.78, 5) is 16.0. The maximum atomic E-state index is 12.7. The number of rotatable bonds is 3. The summed E-state index contributed by atoms with van der Waals surface area (Å²) >= 11 is 1.10. The van der Waals surface area contributed by atoms with Crippen molar-refractivity contribution in [3.8, 4) is 10.6 Å². The minimum absolute atomic E-state index is 0.192. The fourth-order valence-corrected chi connectivity index (χ4v) is 2.59. The largest absolute Gasteiger partial charge is 0.464 e. The predicted octanol–water partition coefficient (Wildman–Crippen LogP) is 2.58. The Morgan fingerprint density at radius 1 is 1.53 bits per heavy atom. The Hall–Kier alpha value is -1.83. The molecule has 0 saturated carbocycles. The van der Waals surface area contributed by atoms with Crippen molar-refractivity contribution in [3.05, 3.63) is 22.5 Å². The Bertz CT molecular complexity index is 621. The second-order valence-electron chi connectivity index (χ2n) is 3.78. The third-order valence-corrected chi connectivity index (χ3v) is 3.61. The minimum Gasteiger partial charge on any atom is -0.464 e. The summed E-state index contributed by atoms with van der Waals surface area (Å²) in [5, 5.41) is 4.28. The van der Waals surface area contributed by atoms with Gasteiger partial charge in [0.1, 0.15) is 10.7 Å². The van der Waals surface area contributed by atoms with E-state index in [1.165, 1.54) is 18.0 Å². The van der Waals surface area contributed by atoms with Crippen molar-refractivity contribution in [1.29, 1.82) is 0 Å². The summed E-state index contributed by atoms with van der Waals surface area (Å²) in [5.74, 6) is -0.582. The van der Waals surface area contributed by atoms with Crippen LogP contribution in [0.4, 0.5) is 8.78 Å². The Morgan fingerprint density at radius 2 is 2.21 bits per heavy atom. The van der Waals surface area contributed by atoms with Gasteiger partial charge in [-0.2, -0.15) is 5.10 Å². The summed E-state index contributed by atoms with van der Waals surface area (Å²) in [6, 6.07) is 0. The van der Waals surface area contributed by atoms with Gasteiger partial charge in [0.25, 0.3) is 6.43 Å². The topological polar surface area (TPSA) is 57.0 Å². The van der Waals surface area contributed by atoms with Crippen LogP contribution in [-0.2, 0) is 11.8 Å². The molecule has 8 heteroatoms. The van der Waals surface area contributed by atoms with Gasteiger partial charge in [-0.15, -0.1) is 11.3 Å². The molecule has 2 heterocycles. The molecule has 0 atom stereocenters. The standard InChI is InChI=1S/C11H11F2N3O2S/c1-5-7(9(12)13)15-10(19-5)6-4-14-16(2)8(6)11(17)18-3/h4,9H,1-3H3. The lowest BCUT2D eigenvalue weighted by atomic mass is 10.2. The highest BCUT2D eigenvalue weighted by atomic mass is 32.1. The van der Waals surface area contributed by atoms with E-state index in [0.717, 1.165) is 11.3 Å². The number of methoxy groups -OCH3 is 1. The van der Waals surface area contributed by atoms with Gasteiger partial charge in [-0.1, -0.05) is 0 Å². The molecule has 0 radical (unpaired) electrons. The summed E-state index contributed by atoms with van der Waals surface area (Å²) in [6.07, 6.45) is -1.22. The van der Waals surface area contributed by atoms with E-state index >= 15 is 0 Å². The van der Waals surface area contributed by atoms with E-state index in [4.69, 9.17) is 0 Å². The molecule has 0 fully saturated rings. The van der Waals surface area contributed by atoms with Crippen molar-refractivity contribution >= 4 is 17.3 Å². The van der Waals surface area contributed by atoms with Crippen LogP contribution in [-0.4, -0.2) is 27.8 Å². The van der Waals surface area contributed by atoms with E-state index < -0.39 is 12.4 Å². The average molecular weight is 287 g/mol. The van der Waals surface area contributed by atoms with Crippen molar-refractivity contribution in [2.45, 2.75) is 13.3 Å². The lowest BCUT2D eigenvalue weighted by molar-refractivity contribution is 0.0589. The molecule has 5 nitrogen and oxygen atoms in total. The van der Waals surface area contributed by atoms with Crippen LogP contribution in [0.5, 0.6) is 0 Å². The van der Waals surface area contributed by atoms with Gasteiger partial charge in [0.05, 0.1) is 18.9 Å². The molecule has 0 spiro atoms. The summed E-state index contributed by atoms with van der Waals surface area (Å²) in [7, 11) is 2.82. The summed E-state index contributed by atoms with van der Waals surface area (Å²) < 4.78 is 31.4. The number of nitrogens with zero attached hydrogens (tertiary/aromatic N) is 3. The number of carbonyl (C=O) groups excluding carboxylic acids is 1. The van der Waals surface area contributed by atoms with E-state index in [0.29, 0.717) is 15.4 Å². The van der Waals surface area contributed by atoms with Crippen LogP contribution < -0.4 is 0 Å². The number of halogens is 2. The number of carbonyl (C=O) groups is 1. The molecule has 0 aliphatic rings. The van der Waals surface area contributed by atoms with Gasteiger partial charge in [0, 0.05) is 11.9 Å². The Labute approximate surface area is 111 Å². The molecule has 0 unspecified atom stereocenters. The van der Waals surface area contributed by atoms with Crippen LogP contribution in [0.15, 0.2) is 6.20 Å². The fourth-order valence-electron chi connectivity index (χ4n) is 1.66. The second-order valence-corrected chi connectivity index (χ2v) is 4.99. The van der Waals surface area contributed by atoms with E-state index in [1.54, 1.807) is 14.0 Å². The molecule has 2 rings (SSSR count). The molecule has 102 valence electrons. The normalized spacial score (nSPS) is 11.1. The molecule has 0 amide bonds. The van der Waals surface area contributed by atoms with E-state index in [1.807, 2.05) is 0 Å². The highest BCUT2D eigenvalue weighted by molar-refractivity contribution is 7.15. The summed E-state index contributed by atoms with van der Waals surface area (Å²) in [5.41, 5.74) is 0.325. The van der Waals surface area contributed by atoms with Crippen molar-refractivity contribution in [2.75, 3.05) is 7.11 Å². The molecule has 2 aromatic heterocycles. The highest BCUT2D eigenvalue weighted by Crippen LogP contribution is 2.33. The Morgan fingerprint density at radius 3 is 2.74 bits per heavy atom. The number of aromatic nitrogens is 3. The highest BCUT2D eigenvalue weighted by Gasteiger charge is 2.24. The van der Waals surface area contributed by atoms with Crippen molar-refractivity contribution in [1.82, 2.24) is 14.8 Å². The molecule has 0 aromatic carbocycles. The maximum absolute atomic E-state index is 12.7. The molecule has 19 heavy (non-hydrogen) atoms. The zero-order valence-corrected chi connectivity index (χ0v) is 11.3. The van der Waals surface area contributed by atoms with Crippen molar-refractivity contribution in [3.63, 3.8) is 0 Å². The molecule has 0 saturated heterocycles. The van der Waals surface area contributed by atoms with Crippen LogP contribution >= 0.6 is 11.3 Å². The lowest BCUT2D eigenvalue weighted by Gasteiger charge is -2.01. The molecular weight excluding hydrogens is 276 g/mol. The molecular formula is C11H11F2N3O2S. The quantitative estimate of drug-likeness (QED) is 0.814. The Balaban J connectivity index is 2.54. The first kappa shape index (κ1) is 13.6. The zero-order valence-electron chi connectivity index (χ0n) is 10.5. The van der Waals surface area contributed by atoms with Crippen LogP contribution in [0.3, 0.4) is 0 Å². The Kier molecular flexibility index (Phi) is 3.61. The minimum atomic E-state index is -2.64. The predicted molar refractivity (Wildman–Crippen MR) is 65.3 cm³/mol. The number of hydrogen-bond donors (Lipinski definition) is 0. The van der Waals surface area contributed by atoms with Crippen LogP contribution in [0.25, 0.3) is 10.6 Å². The smallest absolute Gasteiger partial charge is 0.357 e. The van der Waals surface area contributed by atoms with Gasteiger partial charge >= 0.3 is 5.97 Å². The molecule has 0 N–H and O–H groups in total. The van der Waals surface area contributed by atoms with Crippen LogP contribution in [0.2, 0.25) is 0 Å². The first-order chi connectivity index (χ1) is 8.95. The van der Waals surface area contributed by atoms with Gasteiger partial charge in [-0.25, -0.2) is 18.6 Å².